The van der Waals surface area contributed by atoms with Crippen LogP contribution in [-0.2, 0) is 13.1 Å². The lowest BCUT2D eigenvalue weighted by Gasteiger charge is -2.20. The second-order valence-corrected chi connectivity index (χ2v) is 7.07. The number of nitrogens with zero attached hydrogens (tertiary/aromatic N) is 2. The fraction of sp³-hybridized carbons (Fsp3) is 0.357. The third-order valence-corrected chi connectivity index (χ3v) is 4.72. The molecule has 0 saturated carbocycles. The van der Waals surface area contributed by atoms with Crippen LogP contribution in [-0.4, -0.2) is 21.9 Å². The standard InChI is InChI=1S/C14H16BrClN2OS/c1-3-17-8-10(15)7-12(17)14(19)18(4-2)9-11-5-6-13(16)20-11/h5-8H,3-4,9H2,1-2H3. The van der Waals surface area contributed by atoms with Crippen molar-refractivity contribution in [2.45, 2.75) is 26.9 Å². The molecule has 0 saturated heterocycles. The summed E-state index contributed by atoms with van der Waals surface area (Å²) >= 11 is 10.9. The zero-order valence-corrected chi connectivity index (χ0v) is 14.6. The van der Waals surface area contributed by atoms with Crippen molar-refractivity contribution in [2.24, 2.45) is 0 Å². The second-order valence-electron chi connectivity index (χ2n) is 4.35. The van der Waals surface area contributed by atoms with Gasteiger partial charge in [0.2, 0.25) is 0 Å². The van der Waals surface area contributed by atoms with Gasteiger partial charge >= 0.3 is 0 Å². The van der Waals surface area contributed by atoms with Crippen molar-refractivity contribution in [2.75, 3.05) is 6.54 Å². The maximum Gasteiger partial charge on any atom is 0.270 e. The summed E-state index contributed by atoms with van der Waals surface area (Å²) in [4.78, 5) is 15.6. The van der Waals surface area contributed by atoms with Gasteiger partial charge in [0.25, 0.3) is 5.91 Å². The van der Waals surface area contributed by atoms with Gasteiger partial charge in [0.1, 0.15) is 5.69 Å². The zero-order valence-electron chi connectivity index (χ0n) is 11.4. The van der Waals surface area contributed by atoms with Gasteiger partial charge in [-0.2, -0.15) is 0 Å². The van der Waals surface area contributed by atoms with E-state index in [-0.39, 0.29) is 5.91 Å². The van der Waals surface area contributed by atoms with Crippen LogP contribution in [0.25, 0.3) is 0 Å². The molecule has 0 bridgehead atoms. The van der Waals surface area contributed by atoms with Gasteiger partial charge in [-0.15, -0.1) is 11.3 Å². The highest BCUT2D eigenvalue weighted by Gasteiger charge is 2.19. The number of aryl methyl sites for hydroxylation is 1. The molecule has 0 atom stereocenters. The molecule has 0 aliphatic carbocycles. The maximum atomic E-state index is 12.6. The largest absolute Gasteiger partial charge is 0.343 e. The van der Waals surface area contributed by atoms with E-state index < -0.39 is 0 Å². The molecule has 3 nitrogen and oxygen atoms in total. The Bertz CT molecular complexity index is 608. The first-order valence-electron chi connectivity index (χ1n) is 6.44. The fourth-order valence-electron chi connectivity index (χ4n) is 2.03. The first-order valence-corrected chi connectivity index (χ1v) is 8.43. The van der Waals surface area contributed by atoms with Crippen LogP contribution in [0.1, 0.15) is 29.2 Å². The lowest BCUT2D eigenvalue weighted by Crippen LogP contribution is -2.31. The summed E-state index contributed by atoms with van der Waals surface area (Å²) in [7, 11) is 0. The van der Waals surface area contributed by atoms with Crippen LogP contribution in [0.15, 0.2) is 28.9 Å². The molecule has 0 aliphatic rings. The first kappa shape index (κ1) is 15.6. The summed E-state index contributed by atoms with van der Waals surface area (Å²) in [6, 6.07) is 5.71. The minimum atomic E-state index is 0.0459. The molecule has 0 fully saturated rings. The van der Waals surface area contributed by atoms with Crippen LogP contribution in [0.4, 0.5) is 0 Å². The van der Waals surface area contributed by atoms with Gasteiger partial charge in [0.15, 0.2) is 0 Å². The first-order chi connectivity index (χ1) is 9.55. The van der Waals surface area contributed by atoms with E-state index in [9.17, 15) is 4.79 Å². The molecule has 1 amide bonds. The van der Waals surface area contributed by atoms with Crippen molar-refractivity contribution < 1.29 is 4.79 Å². The van der Waals surface area contributed by atoms with Crippen molar-refractivity contribution in [1.29, 1.82) is 0 Å². The fourth-order valence-corrected chi connectivity index (χ4v) is 3.60. The molecule has 0 aromatic carbocycles. The van der Waals surface area contributed by atoms with Crippen molar-refractivity contribution in [1.82, 2.24) is 9.47 Å². The SMILES string of the molecule is CCN(Cc1ccc(Cl)s1)C(=O)c1cc(Br)cn1CC. The van der Waals surface area contributed by atoms with Gasteiger partial charge in [-0.3, -0.25) is 4.79 Å². The van der Waals surface area contributed by atoms with Crippen molar-refractivity contribution in [3.8, 4) is 0 Å². The van der Waals surface area contributed by atoms with E-state index in [2.05, 4.69) is 15.9 Å². The monoisotopic (exact) mass is 374 g/mol. The Balaban J connectivity index is 2.20. The minimum Gasteiger partial charge on any atom is -0.343 e. The molecule has 0 spiro atoms. The molecule has 20 heavy (non-hydrogen) atoms. The summed E-state index contributed by atoms with van der Waals surface area (Å²) in [5.41, 5.74) is 0.712. The van der Waals surface area contributed by atoms with Crippen LogP contribution in [0.3, 0.4) is 0 Å². The predicted molar refractivity (Wildman–Crippen MR) is 87.5 cm³/mol. The smallest absolute Gasteiger partial charge is 0.270 e. The Hall–Kier alpha value is -0.780. The average Bonchev–Trinajstić information content (AvgIpc) is 3.01. The van der Waals surface area contributed by atoms with Gasteiger partial charge in [-0.1, -0.05) is 11.6 Å². The van der Waals surface area contributed by atoms with Crippen molar-refractivity contribution >= 4 is 44.8 Å². The Labute approximate surface area is 136 Å². The second kappa shape index (κ2) is 6.78. The van der Waals surface area contributed by atoms with E-state index in [1.807, 2.05) is 47.7 Å². The van der Waals surface area contributed by atoms with Crippen LogP contribution in [0.2, 0.25) is 4.34 Å². The van der Waals surface area contributed by atoms with Crippen LogP contribution < -0.4 is 0 Å². The number of thiophene rings is 1. The van der Waals surface area contributed by atoms with Crippen LogP contribution in [0.5, 0.6) is 0 Å². The van der Waals surface area contributed by atoms with E-state index in [0.29, 0.717) is 18.8 Å². The van der Waals surface area contributed by atoms with E-state index in [1.54, 1.807) is 0 Å². The summed E-state index contributed by atoms with van der Waals surface area (Å²) in [5, 5.41) is 0. The lowest BCUT2D eigenvalue weighted by molar-refractivity contribution is 0.0743. The summed E-state index contributed by atoms with van der Waals surface area (Å²) < 4.78 is 3.64. The number of carbonyl (C=O) groups is 1. The predicted octanol–water partition coefficient (Wildman–Crippen LogP) is 4.65. The molecule has 0 radical (unpaired) electrons. The van der Waals surface area contributed by atoms with E-state index in [4.69, 9.17) is 11.6 Å². The zero-order chi connectivity index (χ0) is 14.7. The average molecular weight is 376 g/mol. The Morgan fingerprint density at radius 3 is 2.75 bits per heavy atom. The number of aromatic nitrogens is 1. The van der Waals surface area contributed by atoms with E-state index >= 15 is 0 Å². The highest BCUT2D eigenvalue weighted by molar-refractivity contribution is 9.10. The Morgan fingerprint density at radius 2 is 2.20 bits per heavy atom. The number of amides is 1. The summed E-state index contributed by atoms with van der Waals surface area (Å²) in [6.45, 7) is 6.05. The number of hydrogen-bond donors (Lipinski definition) is 0. The quantitative estimate of drug-likeness (QED) is 0.747. The molecule has 2 aromatic heterocycles. The molecular formula is C14H16BrClN2OS. The van der Waals surface area contributed by atoms with Crippen LogP contribution in [0, 0.1) is 0 Å². The van der Waals surface area contributed by atoms with Crippen molar-refractivity contribution in [3.63, 3.8) is 0 Å². The maximum absolute atomic E-state index is 12.6. The third-order valence-electron chi connectivity index (χ3n) is 3.07. The number of carbonyl (C=O) groups excluding carboxylic acids is 1. The summed E-state index contributed by atoms with van der Waals surface area (Å²) in [6.07, 6.45) is 1.93. The van der Waals surface area contributed by atoms with Gasteiger partial charge in [0, 0.05) is 28.6 Å². The van der Waals surface area contributed by atoms with E-state index in [0.717, 1.165) is 20.2 Å². The summed E-state index contributed by atoms with van der Waals surface area (Å²) in [5.74, 6) is 0.0459. The Morgan fingerprint density at radius 1 is 1.45 bits per heavy atom. The molecule has 2 rings (SSSR count). The molecular weight excluding hydrogens is 360 g/mol. The molecule has 0 aliphatic heterocycles. The molecule has 6 heteroatoms. The van der Waals surface area contributed by atoms with Crippen LogP contribution >= 0.6 is 38.9 Å². The number of rotatable bonds is 5. The Kier molecular flexibility index (Phi) is 5.29. The highest BCUT2D eigenvalue weighted by Crippen LogP contribution is 2.24. The third kappa shape index (κ3) is 3.45. The molecule has 0 unspecified atom stereocenters. The molecule has 0 N–H and O–H groups in total. The number of hydrogen-bond acceptors (Lipinski definition) is 2. The van der Waals surface area contributed by atoms with Gasteiger partial charge < -0.3 is 9.47 Å². The molecule has 108 valence electrons. The van der Waals surface area contributed by atoms with Gasteiger partial charge in [0.05, 0.1) is 10.9 Å². The molecule has 2 heterocycles. The number of halogens is 2. The lowest BCUT2D eigenvalue weighted by atomic mass is 10.3. The molecule has 2 aromatic rings. The topological polar surface area (TPSA) is 25.2 Å². The van der Waals surface area contributed by atoms with Crippen molar-refractivity contribution in [3.05, 3.63) is 43.8 Å². The van der Waals surface area contributed by atoms with E-state index in [1.165, 1.54) is 11.3 Å². The minimum absolute atomic E-state index is 0.0459. The van der Waals surface area contributed by atoms with Gasteiger partial charge in [-0.05, 0) is 48.0 Å². The van der Waals surface area contributed by atoms with Gasteiger partial charge in [-0.25, -0.2) is 0 Å². The highest BCUT2D eigenvalue weighted by atomic mass is 79.9. The normalized spacial score (nSPS) is 10.8.